The maximum atomic E-state index is 12.6. The lowest BCUT2D eigenvalue weighted by atomic mass is 10.2. The number of nitrogens with one attached hydrogen (secondary N) is 1. The molecule has 1 aromatic heterocycles. The molecule has 1 heterocycles. The zero-order valence-corrected chi connectivity index (χ0v) is 9.19. The Kier molecular flexibility index (Phi) is 2.41. The first kappa shape index (κ1) is 10.7. The van der Waals surface area contributed by atoms with Crippen LogP contribution < -0.4 is 5.32 Å². The van der Waals surface area contributed by atoms with Crippen molar-refractivity contribution in [3.05, 3.63) is 22.8 Å². The van der Waals surface area contributed by atoms with Crippen molar-refractivity contribution in [3.63, 3.8) is 0 Å². The molecule has 1 saturated carbocycles. The van der Waals surface area contributed by atoms with E-state index in [2.05, 4.69) is 26.2 Å². The molecule has 0 radical (unpaired) electrons. The van der Waals surface area contributed by atoms with Gasteiger partial charge in [0.1, 0.15) is 11.4 Å². The molecule has 1 aromatic rings. The minimum atomic E-state index is -4.21. The van der Waals surface area contributed by atoms with Gasteiger partial charge in [-0.15, -0.1) is 0 Å². The molecule has 1 aliphatic rings. The molecule has 1 fully saturated rings. The summed E-state index contributed by atoms with van der Waals surface area (Å²) < 4.78 is 38.4. The molecule has 0 aliphatic heterocycles. The van der Waals surface area contributed by atoms with Crippen LogP contribution in [0.4, 0.5) is 19.0 Å². The normalized spacial score (nSPS) is 18.7. The fourth-order valence-corrected chi connectivity index (χ4v) is 1.53. The summed E-state index contributed by atoms with van der Waals surface area (Å²) in [5.41, 5.74) is -1.74. The van der Waals surface area contributed by atoms with Gasteiger partial charge in [-0.05, 0) is 40.9 Å². The van der Waals surface area contributed by atoms with E-state index in [4.69, 9.17) is 0 Å². The second-order valence-corrected chi connectivity index (χ2v) is 4.48. The smallest absolute Gasteiger partial charge is 0.356 e. The highest BCUT2D eigenvalue weighted by Gasteiger charge is 2.63. The highest BCUT2D eigenvalue weighted by atomic mass is 79.9. The van der Waals surface area contributed by atoms with Crippen molar-refractivity contribution in [2.45, 2.75) is 24.6 Å². The molecule has 82 valence electrons. The van der Waals surface area contributed by atoms with Gasteiger partial charge >= 0.3 is 6.18 Å². The zero-order chi connectivity index (χ0) is 11.1. The SMILES string of the molecule is FC(F)(F)C1(Nc2ccc(Br)cn2)CC1. The molecule has 0 saturated heterocycles. The van der Waals surface area contributed by atoms with Crippen molar-refractivity contribution in [2.75, 3.05) is 5.32 Å². The molecule has 15 heavy (non-hydrogen) atoms. The van der Waals surface area contributed by atoms with Crippen molar-refractivity contribution in [1.29, 1.82) is 0 Å². The monoisotopic (exact) mass is 280 g/mol. The second kappa shape index (κ2) is 3.37. The quantitative estimate of drug-likeness (QED) is 0.899. The Labute approximate surface area is 93.0 Å². The lowest BCUT2D eigenvalue weighted by Gasteiger charge is -2.21. The molecule has 0 bridgehead atoms. The average Bonchev–Trinajstić information content (AvgIpc) is 2.89. The third-order valence-electron chi connectivity index (χ3n) is 2.39. The van der Waals surface area contributed by atoms with Gasteiger partial charge in [0.2, 0.25) is 0 Å². The first-order chi connectivity index (χ1) is 6.93. The molecule has 0 amide bonds. The van der Waals surface area contributed by atoms with Gasteiger partial charge in [0.05, 0.1) is 0 Å². The molecule has 0 spiro atoms. The van der Waals surface area contributed by atoms with Crippen molar-refractivity contribution >= 4 is 21.7 Å². The van der Waals surface area contributed by atoms with Gasteiger partial charge in [0, 0.05) is 10.7 Å². The molecular weight excluding hydrogens is 273 g/mol. The number of alkyl halides is 3. The van der Waals surface area contributed by atoms with E-state index in [0.29, 0.717) is 0 Å². The summed E-state index contributed by atoms with van der Waals surface area (Å²) in [5.74, 6) is 0.257. The standard InChI is InChI=1S/C9H8BrF3N2/c10-6-1-2-7(14-5-6)15-8(3-4-8)9(11,12)13/h1-2,5H,3-4H2,(H,14,15). The van der Waals surface area contributed by atoms with Crippen LogP contribution in [0.3, 0.4) is 0 Å². The molecule has 1 N–H and O–H groups in total. The molecule has 0 aromatic carbocycles. The molecule has 0 unspecified atom stereocenters. The van der Waals surface area contributed by atoms with Gasteiger partial charge in [-0.2, -0.15) is 13.2 Å². The van der Waals surface area contributed by atoms with Crippen LogP contribution in [0.25, 0.3) is 0 Å². The van der Waals surface area contributed by atoms with E-state index in [1.165, 1.54) is 12.3 Å². The Hall–Kier alpha value is -0.780. The predicted molar refractivity (Wildman–Crippen MR) is 53.6 cm³/mol. The number of aromatic nitrogens is 1. The van der Waals surface area contributed by atoms with Crippen LogP contribution in [0.1, 0.15) is 12.8 Å². The third kappa shape index (κ3) is 2.09. The van der Waals surface area contributed by atoms with E-state index in [-0.39, 0.29) is 18.7 Å². The number of anilines is 1. The fourth-order valence-electron chi connectivity index (χ4n) is 1.30. The minimum absolute atomic E-state index is 0.119. The Balaban J connectivity index is 2.13. The van der Waals surface area contributed by atoms with Crippen LogP contribution in [0.2, 0.25) is 0 Å². The van der Waals surface area contributed by atoms with Crippen LogP contribution in [-0.2, 0) is 0 Å². The summed E-state index contributed by atoms with van der Waals surface area (Å²) in [6, 6.07) is 3.18. The second-order valence-electron chi connectivity index (χ2n) is 3.57. The summed E-state index contributed by atoms with van der Waals surface area (Å²) in [5, 5.41) is 2.44. The van der Waals surface area contributed by atoms with Crippen LogP contribution in [0, 0.1) is 0 Å². The Morgan fingerprint density at radius 2 is 2.00 bits per heavy atom. The van der Waals surface area contributed by atoms with E-state index in [1.54, 1.807) is 6.07 Å². The summed E-state index contributed by atoms with van der Waals surface area (Å²) in [4.78, 5) is 3.86. The van der Waals surface area contributed by atoms with Gasteiger partial charge in [-0.25, -0.2) is 4.98 Å². The van der Waals surface area contributed by atoms with Gasteiger partial charge in [-0.1, -0.05) is 0 Å². The summed E-state index contributed by atoms with van der Waals surface area (Å²) in [7, 11) is 0. The number of hydrogen-bond donors (Lipinski definition) is 1. The number of pyridine rings is 1. The van der Waals surface area contributed by atoms with E-state index in [9.17, 15) is 13.2 Å². The Bertz CT molecular complexity index is 357. The number of halogens is 4. The maximum absolute atomic E-state index is 12.6. The van der Waals surface area contributed by atoms with Crippen LogP contribution >= 0.6 is 15.9 Å². The summed E-state index contributed by atoms with van der Waals surface area (Å²) in [6.45, 7) is 0. The van der Waals surface area contributed by atoms with Gasteiger partial charge < -0.3 is 5.32 Å². The average molecular weight is 281 g/mol. The minimum Gasteiger partial charge on any atom is -0.356 e. The van der Waals surface area contributed by atoms with Crippen molar-refractivity contribution in [3.8, 4) is 0 Å². The van der Waals surface area contributed by atoms with Gasteiger partial charge in [0.25, 0.3) is 0 Å². The predicted octanol–water partition coefficient (Wildman–Crippen LogP) is 3.35. The van der Waals surface area contributed by atoms with Crippen molar-refractivity contribution in [1.82, 2.24) is 4.98 Å². The highest BCUT2D eigenvalue weighted by molar-refractivity contribution is 9.10. The van der Waals surface area contributed by atoms with E-state index >= 15 is 0 Å². The van der Waals surface area contributed by atoms with Gasteiger partial charge in [-0.3, -0.25) is 0 Å². The first-order valence-corrected chi connectivity index (χ1v) is 5.19. The van der Waals surface area contributed by atoms with E-state index in [0.717, 1.165) is 4.47 Å². The van der Waals surface area contributed by atoms with Gasteiger partial charge in [0.15, 0.2) is 0 Å². The maximum Gasteiger partial charge on any atom is 0.411 e. The zero-order valence-electron chi connectivity index (χ0n) is 7.61. The molecular formula is C9H8BrF3N2. The van der Waals surface area contributed by atoms with E-state index < -0.39 is 11.7 Å². The molecule has 1 aliphatic carbocycles. The van der Waals surface area contributed by atoms with Crippen LogP contribution in [0.15, 0.2) is 22.8 Å². The number of rotatable bonds is 2. The molecule has 6 heteroatoms. The largest absolute Gasteiger partial charge is 0.411 e. The summed E-state index contributed by atoms with van der Waals surface area (Å²) >= 11 is 3.17. The molecule has 0 atom stereocenters. The highest BCUT2D eigenvalue weighted by Crippen LogP contribution is 2.50. The third-order valence-corrected chi connectivity index (χ3v) is 2.86. The lowest BCUT2D eigenvalue weighted by Crippen LogP contribution is -2.38. The number of nitrogens with zero attached hydrogens (tertiary/aromatic N) is 1. The van der Waals surface area contributed by atoms with Crippen LogP contribution in [-0.4, -0.2) is 16.7 Å². The Morgan fingerprint density at radius 1 is 1.33 bits per heavy atom. The van der Waals surface area contributed by atoms with Crippen LogP contribution in [0.5, 0.6) is 0 Å². The molecule has 2 rings (SSSR count). The topological polar surface area (TPSA) is 24.9 Å². The first-order valence-electron chi connectivity index (χ1n) is 4.39. The molecule has 2 nitrogen and oxygen atoms in total. The fraction of sp³-hybridized carbons (Fsp3) is 0.444. The summed E-state index contributed by atoms with van der Waals surface area (Å²) in [6.07, 6.45) is -2.50. The van der Waals surface area contributed by atoms with E-state index in [1.807, 2.05) is 0 Å². The Morgan fingerprint density at radius 3 is 2.40 bits per heavy atom. The lowest BCUT2D eigenvalue weighted by molar-refractivity contribution is -0.151. The number of hydrogen-bond acceptors (Lipinski definition) is 2. The van der Waals surface area contributed by atoms with Crippen molar-refractivity contribution < 1.29 is 13.2 Å². The van der Waals surface area contributed by atoms with Crippen molar-refractivity contribution in [2.24, 2.45) is 0 Å².